The van der Waals surface area contributed by atoms with E-state index in [0.29, 0.717) is 16.3 Å². The second-order valence-electron chi connectivity index (χ2n) is 8.91. The third-order valence-corrected chi connectivity index (χ3v) is 9.10. The second kappa shape index (κ2) is 12.8. The fourth-order valence-corrected chi connectivity index (χ4v) is 6.78. The number of rotatable bonds is 10. The smallest absolute Gasteiger partial charge is 0.339 e. The van der Waals surface area contributed by atoms with Gasteiger partial charge in [0.1, 0.15) is 17.3 Å². The Morgan fingerprint density at radius 1 is 0.952 bits per heavy atom. The van der Waals surface area contributed by atoms with Gasteiger partial charge >= 0.3 is 10.1 Å². The molecule has 8 nitrogen and oxygen atoms in total. The van der Waals surface area contributed by atoms with E-state index in [0.717, 1.165) is 27.4 Å². The van der Waals surface area contributed by atoms with Crippen LogP contribution in [0.5, 0.6) is 17.2 Å². The number of fused-ring (bicyclic) bond motifs is 1. The molecule has 42 heavy (non-hydrogen) atoms. The van der Waals surface area contributed by atoms with Crippen LogP contribution < -0.4 is 13.7 Å². The van der Waals surface area contributed by atoms with Crippen molar-refractivity contribution in [3.8, 4) is 17.2 Å². The molecule has 0 spiro atoms. The number of thioether (sulfide) groups is 1. The molecule has 1 aliphatic rings. The third kappa shape index (κ3) is 6.59. The molecule has 0 radical (unpaired) electrons. The van der Waals surface area contributed by atoms with Gasteiger partial charge in [-0.1, -0.05) is 48.0 Å². The van der Waals surface area contributed by atoms with Gasteiger partial charge in [-0.25, -0.2) is 0 Å². The number of imide groups is 1. The van der Waals surface area contributed by atoms with Gasteiger partial charge in [-0.3, -0.25) is 14.5 Å². The Balaban J connectivity index is 1.32. The molecule has 0 atom stereocenters. The van der Waals surface area contributed by atoms with E-state index in [9.17, 15) is 18.0 Å². The van der Waals surface area contributed by atoms with Gasteiger partial charge < -0.3 is 13.7 Å². The molecule has 4 aromatic rings. The monoisotopic (exact) mass is 687 g/mol. The highest BCUT2D eigenvalue weighted by Gasteiger charge is 2.35. The summed E-state index contributed by atoms with van der Waals surface area (Å²) in [6.45, 7) is 2.17. The molecule has 1 fully saturated rings. The molecule has 5 rings (SSSR count). The van der Waals surface area contributed by atoms with E-state index in [-0.39, 0.29) is 45.5 Å². The van der Waals surface area contributed by atoms with Gasteiger partial charge in [-0.2, -0.15) is 8.42 Å². The molecule has 1 aliphatic heterocycles. The first-order valence-corrected chi connectivity index (χ1v) is 16.1. The molecule has 1 heterocycles. The highest BCUT2D eigenvalue weighted by atomic mass is 79.9. The summed E-state index contributed by atoms with van der Waals surface area (Å²) in [5.74, 6) is 0.302. The quantitative estimate of drug-likeness (QED) is 0.125. The van der Waals surface area contributed by atoms with Crippen molar-refractivity contribution in [3.05, 3.63) is 98.8 Å². The predicted octanol–water partition coefficient (Wildman–Crippen LogP) is 7.54. The number of ether oxygens (including phenoxy) is 2. The number of carbonyl (C=O) groups excluding carboxylic acids is 2. The zero-order chi connectivity index (χ0) is 29.9. The van der Waals surface area contributed by atoms with Crippen LogP contribution in [0.15, 0.2) is 93.1 Å². The zero-order valence-corrected chi connectivity index (χ0v) is 26.1. The molecule has 0 aromatic heterocycles. The van der Waals surface area contributed by atoms with Crippen LogP contribution in [0.2, 0.25) is 5.02 Å². The Morgan fingerprint density at radius 2 is 1.69 bits per heavy atom. The van der Waals surface area contributed by atoms with Gasteiger partial charge in [0.15, 0.2) is 11.5 Å². The van der Waals surface area contributed by atoms with E-state index < -0.39 is 21.3 Å². The summed E-state index contributed by atoms with van der Waals surface area (Å²) in [5, 5.41) is 1.95. The van der Waals surface area contributed by atoms with Gasteiger partial charge in [-0.15, -0.1) is 0 Å². The van der Waals surface area contributed by atoms with Crippen LogP contribution in [0.3, 0.4) is 0 Å². The van der Waals surface area contributed by atoms with E-state index in [4.69, 9.17) is 25.3 Å². The maximum absolute atomic E-state index is 13.1. The summed E-state index contributed by atoms with van der Waals surface area (Å²) in [6, 6.07) is 22.2. The van der Waals surface area contributed by atoms with Gasteiger partial charge in [0.2, 0.25) is 0 Å². The lowest BCUT2D eigenvalue weighted by atomic mass is 10.1. The van der Waals surface area contributed by atoms with E-state index in [1.54, 1.807) is 25.1 Å². The summed E-state index contributed by atoms with van der Waals surface area (Å²) in [6.07, 6.45) is 1.54. The minimum absolute atomic E-state index is 0.0531. The van der Waals surface area contributed by atoms with E-state index >= 15 is 0 Å². The van der Waals surface area contributed by atoms with Gasteiger partial charge in [0.05, 0.1) is 22.5 Å². The minimum Gasteiger partial charge on any atom is -0.491 e. The summed E-state index contributed by atoms with van der Waals surface area (Å²) < 4.78 is 43.0. The lowest BCUT2D eigenvalue weighted by Gasteiger charge is -2.15. The Morgan fingerprint density at radius 3 is 2.45 bits per heavy atom. The number of hydrogen-bond donors (Lipinski definition) is 0. The molecule has 1 saturated heterocycles. The van der Waals surface area contributed by atoms with Crippen molar-refractivity contribution in [1.29, 1.82) is 0 Å². The second-order valence-corrected chi connectivity index (χ2v) is 12.7. The molecule has 216 valence electrons. The maximum atomic E-state index is 13.1. The lowest BCUT2D eigenvalue weighted by molar-refractivity contribution is -0.123. The van der Waals surface area contributed by atoms with Crippen LogP contribution in [0.4, 0.5) is 4.79 Å². The predicted molar refractivity (Wildman–Crippen MR) is 167 cm³/mol. The summed E-state index contributed by atoms with van der Waals surface area (Å²) >= 11 is 10.0. The van der Waals surface area contributed by atoms with Crippen molar-refractivity contribution in [2.24, 2.45) is 0 Å². The van der Waals surface area contributed by atoms with E-state index in [2.05, 4.69) is 15.9 Å². The van der Waals surface area contributed by atoms with Crippen molar-refractivity contribution >= 4 is 77.4 Å². The van der Waals surface area contributed by atoms with E-state index in [1.165, 1.54) is 24.3 Å². The fourth-order valence-electron chi connectivity index (χ4n) is 4.19. The number of benzene rings is 4. The van der Waals surface area contributed by atoms with Crippen LogP contribution in [-0.4, -0.2) is 44.2 Å². The number of nitrogens with zero attached hydrogens (tertiary/aromatic N) is 1. The molecule has 0 saturated carbocycles. The van der Waals surface area contributed by atoms with E-state index in [1.807, 2.05) is 42.5 Å². The Kier molecular flexibility index (Phi) is 9.12. The van der Waals surface area contributed by atoms with Crippen molar-refractivity contribution in [1.82, 2.24) is 4.90 Å². The van der Waals surface area contributed by atoms with Crippen LogP contribution in [-0.2, 0) is 14.9 Å². The van der Waals surface area contributed by atoms with Gasteiger partial charge in [0.25, 0.3) is 11.1 Å². The first kappa shape index (κ1) is 30.0. The SMILES string of the molecule is CCOc1cc(/C=C2\SC(=O)N(CCOc3cccc4ccccc34)C2=O)cc(Br)c1OS(=O)(=O)c1ccc(Cl)cc1. The largest absolute Gasteiger partial charge is 0.491 e. The normalized spacial score (nSPS) is 14.5. The van der Waals surface area contributed by atoms with Gasteiger partial charge in [0, 0.05) is 10.4 Å². The molecule has 0 aliphatic carbocycles. The number of amides is 2. The maximum Gasteiger partial charge on any atom is 0.339 e. The Hall–Kier alpha value is -3.51. The molecule has 4 aromatic carbocycles. The van der Waals surface area contributed by atoms with Crippen molar-refractivity contribution in [2.75, 3.05) is 19.8 Å². The molecular weight excluding hydrogens is 666 g/mol. The summed E-state index contributed by atoms with van der Waals surface area (Å²) in [5.41, 5.74) is 0.499. The molecule has 0 bridgehead atoms. The van der Waals surface area contributed by atoms with Gasteiger partial charge in [-0.05, 0) is 94.1 Å². The van der Waals surface area contributed by atoms with Crippen molar-refractivity contribution in [3.63, 3.8) is 0 Å². The molecule has 12 heteroatoms. The highest BCUT2D eigenvalue weighted by Crippen LogP contribution is 2.41. The molecule has 0 N–H and O–H groups in total. The standard InChI is InChI=1S/C30H23BrClNO7S2/c1-2-38-26-17-19(16-24(31)28(26)40-42(36,37)22-12-10-21(32)11-13-22)18-27-29(34)33(30(35)41-27)14-15-39-25-9-5-7-20-6-3-4-8-23(20)25/h3-13,16-18H,2,14-15H2,1H3/b27-18-. The topological polar surface area (TPSA) is 99.2 Å². The van der Waals surface area contributed by atoms with Crippen molar-refractivity contribution < 1.29 is 31.7 Å². The first-order chi connectivity index (χ1) is 20.2. The van der Waals surface area contributed by atoms with Crippen LogP contribution in [0.1, 0.15) is 12.5 Å². The summed E-state index contributed by atoms with van der Waals surface area (Å²) in [7, 11) is -4.20. The van der Waals surface area contributed by atoms with Crippen molar-refractivity contribution in [2.45, 2.75) is 11.8 Å². The molecule has 2 amide bonds. The van der Waals surface area contributed by atoms with Crippen LogP contribution >= 0.6 is 39.3 Å². The molecular formula is C30H23BrClNO7S2. The average molecular weight is 689 g/mol. The Labute approximate surface area is 260 Å². The summed E-state index contributed by atoms with van der Waals surface area (Å²) in [4.78, 5) is 27.1. The van der Waals surface area contributed by atoms with Crippen LogP contribution in [0.25, 0.3) is 16.8 Å². The first-order valence-electron chi connectivity index (χ1n) is 12.7. The third-order valence-electron chi connectivity index (χ3n) is 6.12. The zero-order valence-electron chi connectivity index (χ0n) is 22.1. The average Bonchev–Trinajstić information content (AvgIpc) is 3.22. The van der Waals surface area contributed by atoms with Crippen LogP contribution in [0, 0.1) is 0 Å². The highest BCUT2D eigenvalue weighted by molar-refractivity contribution is 9.10. The minimum atomic E-state index is -4.20. The number of carbonyl (C=O) groups is 2. The fraction of sp³-hybridized carbons (Fsp3) is 0.133. The number of halogens is 2. The number of hydrogen-bond acceptors (Lipinski definition) is 8. The molecule has 0 unspecified atom stereocenters. The lowest BCUT2D eigenvalue weighted by Crippen LogP contribution is -2.32. The Bertz CT molecular complexity index is 1810.